The Bertz CT molecular complexity index is 612. The van der Waals surface area contributed by atoms with Crippen molar-refractivity contribution in [3.63, 3.8) is 0 Å². The van der Waals surface area contributed by atoms with Crippen LogP contribution in [0.3, 0.4) is 0 Å². The standard InChI is InChI=1S/C10H8N4/c11-10-12-5-8-9(14-10)6-3-1-2-4-7(6)13-8/h1-5,13H,(H2,11,12,14). The van der Waals surface area contributed by atoms with Crippen LogP contribution in [0.4, 0.5) is 5.95 Å². The maximum absolute atomic E-state index is 5.54. The molecule has 0 unspecified atom stereocenters. The van der Waals surface area contributed by atoms with Gasteiger partial charge in [-0.3, -0.25) is 0 Å². The fourth-order valence-corrected chi connectivity index (χ4v) is 1.64. The van der Waals surface area contributed by atoms with Gasteiger partial charge in [0.2, 0.25) is 5.95 Å². The average Bonchev–Trinajstić information content (AvgIpc) is 2.56. The Hall–Kier alpha value is -2.10. The summed E-state index contributed by atoms with van der Waals surface area (Å²) in [6, 6.07) is 7.98. The monoisotopic (exact) mass is 184 g/mol. The number of hydrogen-bond donors (Lipinski definition) is 2. The Morgan fingerprint density at radius 1 is 1.14 bits per heavy atom. The number of anilines is 1. The first-order chi connectivity index (χ1) is 6.84. The van der Waals surface area contributed by atoms with Gasteiger partial charge in [-0.2, -0.15) is 0 Å². The molecule has 4 heteroatoms. The molecule has 3 rings (SSSR count). The molecule has 0 aliphatic carbocycles. The number of nitrogen functional groups attached to an aromatic ring is 1. The number of benzene rings is 1. The number of nitrogens with two attached hydrogens (primary N) is 1. The van der Waals surface area contributed by atoms with Crippen molar-refractivity contribution in [3.8, 4) is 0 Å². The van der Waals surface area contributed by atoms with E-state index in [1.807, 2.05) is 24.3 Å². The van der Waals surface area contributed by atoms with Crippen LogP contribution >= 0.6 is 0 Å². The van der Waals surface area contributed by atoms with E-state index in [0.717, 1.165) is 21.9 Å². The summed E-state index contributed by atoms with van der Waals surface area (Å²) < 4.78 is 0. The second kappa shape index (κ2) is 2.45. The molecule has 0 saturated heterocycles. The van der Waals surface area contributed by atoms with Crippen LogP contribution in [0.2, 0.25) is 0 Å². The number of aromatic nitrogens is 3. The van der Waals surface area contributed by atoms with Crippen LogP contribution in [0.5, 0.6) is 0 Å². The summed E-state index contributed by atoms with van der Waals surface area (Å²) >= 11 is 0. The fraction of sp³-hybridized carbons (Fsp3) is 0. The molecule has 1 aromatic carbocycles. The van der Waals surface area contributed by atoms with Crippen LogP contribution in [0.1, 0.15) is 0 Å². The van der Waals surface area contributed by atoms with Gasteiger partial charge in [0.25, 0.3) is 0 Å². The molecule has 0 radical (unpaired) electrons. The summed E-state index contributed by atoms with van der Waals surface area (Å²) in [6.45, 7) is 0. The molecule has 0 atom stereocenters. The lowest BCUT2D eigenvalue weighted by molar-refractivity contribution is 1.24. The van der Waals surface area contributed by atoms with E-state index < -0.39 is 0 Å². The fourth-order valence-electron chi connectivity index (χ4n) is 1.64. The summed E-state index contributed by atoms with van der Waals surface area (Å²) in [5.74, 6) is 0.308. The van der Waals surface area contributed by atoms with Crippen LogP contribution in [0.25, 0.3) is 21.9 Å². The number of para-hydroxylation sites is 1. The number of aromatic amines is 1. The predicted molar refractivity (Wildman–Crippen MR) is 55.8 cm³/mol. The van der Waals surface area contributed by atoms with Gasteiger partial charge < -0.3 is 10.7 Å². The van der Waals surface area contributed by atoms with Gasteiger partial charge in [-0.25, -0.2) is 9.97 Å². The highest BCUT2D eigenvalue weighted by Gasteiger charge is 2.04. The first kappa shape index (κ1) is 7.32. The van der Waals surface area contributed by atoms with Crippen molar-refractivity contribution in [2.45, 2.75) is 0 Å². The lowest BCUT2D eigenvalue weighted by Gasteiger charge is -1.91. The molecule has 3 aromatic rings. The highest BCUT2D eigenvalue weighted by Crippen LogP contribution is 2.22. The molecule has 2 heterocycles. The van der Waals surface area contributed by atoms with Crippen molar-refractivity contribution in [2.24, 2.45) is 0 Å². The van der Waals surface area contributed by atoms with Gasteiger partial charge >= 0.3 is 0 Å². The maximum atomic E-state index is 5.54. The number of rotatable bonds is 0. The molecule has 0 aliphatic heterocycles. The number of hydrogen-bond acceptors (Lipinski definition) is 3. The van der Waals surface area contributed by atoms with E-state index >= 15 is 0 Å². The summed E-state index contributed by atoms with van der Waals surface area (Å²) in [5, 5.41) is 1.08. The lowest BCUT2D eigenvalue weighted by Crippen LogP contribution is -1.92. The minimum absolute atomic E-state index is 0.308. The largest absolute Gasteiger partial charge is 0.368 e. The number of nitrogens with one attached hydrogen (secondary N) is 1. The van der Waals surface area contributed by atoms with Crippen LogP contribution < -0.4 is 5.73 Å². The van der Waals surface area contributed by atoms with E-state index in [-0.39, 0.29) is 0 Å². The minimum Gasteiger partial charge on any atom is -0.368 e. The SMILES string of the molecule is Nc1ncc2[nH]c3ccccc3c2n1. The highest BCUT2D eigenvalue weighted by molar-refractivity contribution is 6.04. The first-order valence-electron chi connectivity index (χ1n) is 4.33. The van der Waals surface area contributed by atoms with Crippen molar-refractivity contribution in [1.82, 2.24) is 15.0 Å². The van der Waals surface area contributed by atoms with E-state index in [1.165, 1.54) is 0 Å². The molecule has 0 saturated carbocycles. The second-order valence-electron chi connectivity index (χ2n) is 3.16. The van der Waals surface area contributed by atoms with Crippen LogP contribution in [0, 0.1) is 0 Å². The van der Waals surface area contributed by atoms with Gasteiger partial charge in [-0.15, -0.1) is 0 Å². The number of nitrogens with zero attached hydrogens (tertiary/aromatic N) is 2. The molecular weight excluding hydrogens is 176 g/mol. The first-order valence-corrected chi connectivity index (χ1v) is 4.33. The Kier molecular flexibility index (Phi) is 1.28. The smallest absolute Gasteiger partial charge is 0.220 e. The zero-order valence-corrected chi connectivity index (χ0v) is 7.36. The van der Waals surface area contributed by atoms with E-state index in [1.54, 1.807) is 6.20 Å². The third-order valence-electron chi connectivity index (χ3n) is 2.26. The molecule has 0 fully saturated rings. The van der Waals surface area contributed by atoms with Crippen molar-refractivity contribution in [2.75, 3.05) is 5.73 Å². The van der Waals surface area contributed by atoms with Crippen molar-refractivity contribution >= 4 is 27.9 Å². The van der Waals surface area contributed by atoms with E-state index in [4.69, 9.17) is 5.73 Å². The predicted octanol–water partition coefficient (Wildman–Crippen LogP) is 1.69. The minimum atomic E-state index is 0.308. The molecule has 0 bridgehead atoms. The van der Waals surface area contributed by atoms with Crippen molar-refractivity contribution < 1.29 is 0 Å². The maximum Gasteiger partial charge on any atom is 0.220 e. The molecule has 68 valence electrons. The summed E-state index contributed by atoms with van der Waals surface area (Å²) in [6.07, 6.45) is 1.71. The van der Waals surface area contributed by atoms with Gasteiger partial charge in [-0.1, -0.05) is 18.2 Å². The van der Waals surface area contributed by atoms with Crippen LogP contribution in [-0.4, -0.2) is 15.0 Å². The summed E-state index contributed by atoms with van der Waals surface area (Å²) in [5.41, 5.74) is 8.40. The van der Waals surface area contributed by atoms with Crippen molar-refractivity contribution in [3.05, 3.63) is 30.5 Å². The van der Waals surface area contributed by atoms with Gasteiger partial charge in [0.1, 0.15) is 5.52 Å². The molecule has 0 aliphatic rings. The second-order valence-corrected chi connectivity index (χ2v) is 3.16. The molecule has 14 heavy (non-hydrogen) atoms. The third-order valence-corrected chi connectivity index (χ3v) is 2.26. The summed E-state index contributed by atoms with van der Waals surface area (Å²) in [7, 11) is 0. The Morgan fingerprint density at radius 2 is 2.00 bits per heavy atom. The molecular formula is C10H8N4. The highest BCUT2D eigenvalue weighted by atomic mass is 15.0. The third kappa shape index (κ3) is 0.877. The van der Waals surface area contributed by atoms with E-state index in [9.17, 15) is 0 Å². The van der Waals surface area contributed by atoms with E-state index in [0.29, 0.717) is 5.95 Å². The summed E-state index contributed by atoms with van der Waals surface area (Å²) in [4.78, 5) is 11.4. The molecule has 0 amide bonds. The van der Waals surface area contributed by atoms with Crippen LogP contribution in [0.15, 0.2) is 30.5 Å². The molecule has 3 N–H and O–H groups in total. The Balaban J connectivity index is 2.58. The molecule has 4 nitrogen and oxygen atoms in total. The van der Waals surface area contributed by atoms with Gasteiger partial charge in [0.15, 0.2) is 0 Å². The number of H-pyrrole nitrogens is 1. The lowest BCUT2D eigenvalue weighted by atomic mass is 10.2. The molecule has 0 spiro atoms. The quantitative estimate of drug-likeness (QED) is 0.558. The van der Waals surface area contributed by atoms with Gasteiger partial charge in [0, 0.05) is 10.9 Å². The van der Waals surface area contributed by atoms with E-state index in [2.05, 4.69) is 15.0 Å². The Morgan fingerprint density at radius 3 is 2.93 bits per heavy atom. The zero-order valence-electron chi connectivity index (χ0n) is 7.36. The number of fused-ring (bicyclic) bond motifs is 3. The zero-order chi connectivity index (χ0) is 9.54. The Labute approximate surface area is 79.8 Å². The molecule has 2 aromatic heterocycles. The van der Waals surface area contributed by atoms with Gasteiger partial charge in [-0.05, 0) is 6.07 Å². The van der Waals surface area contributed by atoms with Crippen molar-refractivity contribution in [1.29, 1.82) is 0 Å². The average molecular weight is 184 g/mol. The van der Waals surface area contributed by atoms with Crippen LogP contribution in [-0.2, 0) is 0 Å². The van der Waals surface area contributed by atoms with Gasteiger partial charge in [0.05, 0.1) is 11.7 Å². The topological polar surface area (TPSA) is 67.6 Å². The normalized spacial score (nSPS) is 11.1.